The molecule has 1 saturated heterocycles. The molecule has 1 aromatic carbocycles. The van der Waals surface area contributed by atoms with Crippen molar-refractivity contribution in [2.45, 2.75) is 27.2 Å². The molecular formula is C19H26N2. The summed E-state index contributed by atoms with van der Waals surface area (Å²) in [4.78, 5) is 6.62. The van der Waals surface area contributed by atoms with Gasteiger partial charge in [-0.25, -0.2) is 0 Å². The van der Waals surface area contributed by atoms with E-state index in [1.54, 1.807) is 0 Å². The van der Waals surface area contributed by atoms with Crippen LogP contribution >= 0.6 is 0 Å². The van der Waals surface area contributed by atoms with Gasteiger partial charge in [0.1, 0.15) is 0 Å². The minimum atomic E-state index is 0.277. The number of para-hydroxylation sites is 1. The maximum atomic E-state index is 4.24. The molecule has 0 amide bonds. The Morgan fingerprint density at radius 1 is 1.33 bits per heavy atom. The van der Waals surface area contributed by atoms with Crippen LogP contribution in [0.15, 0.2) is 41.9 Å². The summed E-state index contributed by atoms with van der Waals surface area (Å²) in [7, 11) is 0. The molecule has 1 aliphatic heterocycles. The predicted molar refractivity (Wildman–Crippen MR) is 94.7 cm³/mol. The van der Waals surface area contributed by atoms with Gasteiger partial charge >= 0.3 is 0 Å². The van der Waals surface area contributed by atoms with Gasteiger partial charge in [0.25, 0.3) is 0 Å². The Balaban J connectivity index is 2.39. The maximum Gasteiger partial charge on any atom is 0.0927 e. The molecule has 1 unspecified atom stereocenters. The zero-order chi connectivity index (χ0) is 15.6. The van der Waals surface area contributed by atoms with Gasteiger partial charge in [0.15, 0.2) is 0 Å². The lowest BCUT2D eigenvalue weighted by molar-refractivity contribution is 0.230. The highest BCUT2D eigenvalue weighted by Crippen LogP contribution is 2.40. The number of anilines is 1. The monoisotopic (exact) mass is 282 g/mol. The van der Waals surface area contributed by atoms with Crippen molar-refractivity contribution in [2.75, 3.05) is 18.0 Å². The number of piperidine rings is 1. The number of hydrogen-bond donors (Lipinski definition) is 0. The second-order valence-corrected chi connectivity index (χ2v) is 6.97. The number of hydrogen-bond acceptors (Lipinski definition) is 2. The largest absolute Gasteiger partial charge is 0.365 e. The normalized spacial score (nSPS) is 19.5. The molecule has 112 valence electrons. The number of aliphatic imine (C=N–C) groups is 1. The Bertz CT molecular complexity index is 563. The van der Waals surface area contributed by atoms with E-state index in [-0.39, 0.29) is 5.41 Å². The average molecular weight is 282 g/mol. The maximum absolute atomic E-state index is 4.24. The van der Waals surface area contributed by atoms with Crippen LogP contribution in [0, 0.1) is 11.3 Å². The highest BCUT2D eigenvalue weighted by Gasteiger charge is 2.31. The molecule has 0 radical (unpaired) electrons. The van der Waals surface area contributed by atoms with E-state index in [0.717, 1.165) is 36.4 Å². The van der Waals surface area contributed by atoms with Crippen LogP contribution in [0.4, 0.5) is 11.4 Å². The first kappa shape index (κ1) is 15.6. The van der Waals surface area contributed by atoms with Gasteiger partial charge < -0.3 is 4.90 Å². The molecule has 0 saturated carbocycles. The van der Waals surface area contributed by atoms with Crippen LogP contribution in [0.5, 0.6) is 0 Å². The van der Waals surface area contributed by atoms with Crippen molar-refractivity contribution in [3.8, 4) is 0 Å². The van der Waals surface area contributed by atoms with Crippen molar-refractivity contribution in [1.82, 2.24) is 0 Å². The molecule has 0 bridgehead atoms. The van der Waals surface area contributed by atoms with Crippen molar-refractivity contribution in [3.05, 3.63) is 42.5 Å². The van der Waals surface area contributed by atoms with Crippen molar-refractivity contribution >= 4 is 24.2 Å². The summed E-state index contributed by atoms with van der Waals surface area (Å²) in [6.07, 6.45) is 2.95. The van der Waals surface area contributed by atoms with E-state index in [0.29, 0.717) is 5.92 Å². The summed E-state index contributed by atoms with van der Waals surface area (Å²) < 4.78 is 0. The third-order valence-electron chi connectivity index (χ3n) is 4.38. The Morgan fingerprint density at radius 3 is 2.62 bits per heavy atom. The SMILES string of the molecule is C=Cc1cccc(N2CC(=C)CC(C(C)(C)C)C2)c1N=C. The average Bonchev–Trinajstić information content (AvgIpc) is 2.44. The number of benzene rings is 1. The first-order valence-electron chi connectivity index (χ1n) is 7.50. The minimum Gasteiger partial charge on any atom is -0.365 e. The van der Waals surface area contributed by atoms with Gasteiger partial charge in [0, 0.05) is 18.7 Å². The molecule has 1 atom stereocenters. The van der Waals surface area contributed by atoms with Crippen LogP contribution in [-0.2, 0) is 0 Å². The Labute approximate surface area is 128 Å². The molecule has 2 nitrogen and oxygen atoms in total. The van der Waals surface area contributed by atoms with E-state index >= 15 is 0 Å². The zero-order valence-electron chi connectivity index (χ0n) is 13.5. The Hall–Kier alpha value is -1.83. The van der Waals surface area contributed by atoms with Crippen molar-refractivity contribution in [1.29, 1.82) is 0 Å². The van der Waals surface area contributed by atoms with Gasteiger partial charge in [-0.3, -0.25) is 4.99 Å². The first-order valence-corrected chi connectivity index (χ1v) is 7.50. The lowest BCUT2D eigenvalue weighted by Crippen LogP contribution is -2.41. The second-order valence-electron chi connectivity index (χ2n) is 6.97. The smallest absolute Gasteiger partial charge is 0.0927 e. The van der Waals surface area contributed by atoms with Gasteiger partial charge in [-0.15, -0.1) is 0 Å². The molecular weight excluding hydrogens is 256 g/mol. The van der Waals surface area contributed by atoms with E-state index in [4.69, 9.17) is 0 Å². The van der Waals surface area contributed by atoms with Crippen LogP contribution in [0.3, 0.4) is 0 Å². The molecule has 2 heteroatoms. The zero-order valence-corrected chi connectivity index (χ0v) is 13.5. The molecule has 1 heterocycles. The number of nitrogens with zero attached hydrogens (tertiary/aromatic N) is 2. The van der Waals surface area contributed by atoms with Gasteiger partial charge in [0.2, 0.25) is 0 Å². The van der Waals surface area contributed by atoms with Crippen LogP contribution in [0.1, 0.15) is 32.8 Å². The van der Waals surface area contributed by atoms with Gasteiger partial charge in [-0.2, -0.15) is 0 Å². The number of rotatable bonds is 3. The van der Waals surface area contributed by atoms with E-state index < -0.39 is 0 Å². The molecule has 1 aromatic rings. The fraction of sp³-hybridized carbons (Fsp3) is 0.421. The predicted octanol–water partition coefficient (Wildman–Crippen LogP) is 5.09. The second kappa shape index (κ2) is 5.88. The van der Waals surface area contributed by atoms with Gasteiger partial charge in [-0.1, -0.05) is 57.7 Å². The fourth-order valence-electron chi connectivity index (χ4n) is 2.98. The van der Waals surface area contributed by atoms with Gasteiger partial charge in [-0.05, 0) is 30.5 Å². The molecule has 1 aliphatic rings. The molecule has 1 fully saturated rings. The van der Waals surface area contributed by atoms with Gasteiger partial charge in [0.05, 0.1) is 11.4 Å². The summed E-state index contributed by atoms with van der Waals surface area (Å²) in [6, 6.07) is 6.21. The molecule has 21 heavy (non-hydrogen) atoms. The van der Waals surface area contributed by atoms with Crippen molar-refractivity contribution in [2.24, 2.45) is 16.3 Å². The van der Waals surface area contributed by atoms with Crippen LogP contribution in [-0.4, -0.2) is 19.8 Å². The summed E-state index contributed by atoms with van der Waals surface area (Å²) >= 11 is 0. The molecule has 0 aliphatic carbocycles. The van der Waals surface area contributed by atoms with Crippen molar-refractivity contribution < 1.29 is 0 Å². The highest BCUT2D eigenvalue weighted by molar-refractivity contribution is 5.79. The van der Waals surface area contributed by atoms with E-state index in [1.165, 1.54) is 5.57 Å². The minimum absolute atomic E-state index is 0.277. The summed E-state index contributed by atoms with van der Waals surface area (Å²) in [6.45, 7) is 20.7. The summed E-state index contributed by atoms with van der Waals surface area (Å²) in [5, 5.41) is 0. The summed E-state index contributed by atoms with van der Waals surface area (Å²) in [5.41, 5.74) is 4.66. The lowest BCUT2D eigenvalue weighted by Gasteiger charge is -2.42. The lowest BCUT2D eigenvalue weighted by atomic mass is 9.75. The topological polar surface area (TPSA) is 15.6 Å². The van der Waals surface area contributed by atoms with Crippen LogP contribution < -0.4 is 4.90 Å². The Morgan fingerprint density at radius 2 is 2.05 bits per heavy atom. The molecule has 2 rings (SSSR count). The molecule has 0 aromatic heterocycles. The third kappa shape index (κ3) is 3.26. The third-order valence-corrected chi connectivity index (χ3v) is 4.38. The van der Waals surface area contributed by atoms with Crippen LogP contribution in [0.2, 0.25) is 0 Å². The quantitative estimate of drug-likeness (QED) is 0.557. The Kier molecular flexibility index (Phi) is 4.36. The first-order chi connectivity index (χ1) is 9.86. The van der Waals surface area contributed by atoms with E-state index in [2.05, 4.69) is 62.7 Å². The molecule has 0 spiro atoms. The van der Waals surface area contributed by atoms with Crippen molar-refractivity contribution in [3.63, 3.8) is 0 Å². The molecule has 0 N–H and O–H groups in total. The fourth-order valence-corrected chi connectivity index (χ4v) is 2.98. The standard InChI is InChI=1S/C19H26N2/c1-7-15-9-8-10-17(18(15)20-6)21-12-14(2)11-16(13-21)19(3,4)5/h7-10,16H,1-2,6,11-13H2,3-5H3. The highest BCUT2D eigenvalue weighted by atomic mass is 15.2. The summed E-state index contributed by atoms with van der Waals surface area (Å²) in [5.74, 6) is 0.601. The van der Waals surface area contributed by atoms with E-state index in [1.807, 2.05) is 12.1 Å². The van der Waals surface area contributed by atoms with E-state index in [9.17, 15) is 0 Å². The van der Waals surface area contributed by atoms with Crippen LogP contribution in [0.25, 0.3) is 6.08 Å².